The van der Waals surface area contributed by atoms with E-state index in [9.17, 15) is 0 Å². The van der Waals surface area contributed by atoms with E-state index >= 15 is 0 Å². The lowest BCUT2D eigenvalue weighted by atomic mass is 9.54. The molecule has 2 N–H and O–H groups in total. The van der Waals surface area contributed by atoms with Crippen LogP contribution in [-0.4, -0.2) is 26.4 Å². The zero-order valence-electron chi connectivity index (χ0n) is 12.2. The lowest BCUT2D eigenvalue weighted by Gasteiger charge is -2.53. The smallest absolute Gasteiger partial charge is 0.119 e. The van der Waals surface area contributed by atoms with E-state index in [1.54, 1.807) is 7.11 Å². The van der Waals surface area contributed by atoms with Crippen LogP contribution in [0, 0.1) is 5.41 Å². The Morgan fingerprint density at radius 3 is 2.47 bits per heavy atom. The Bertz CT molecular complexity index is 404. The van der Waals surface area contributed by atoms with E-state index in [1.807, 2.05) is 12.1 Å². The molecular weight excluding hydrogens is 238 g/mol. The summed E-state index contributed by atoms with van der Waals surface area (Å²) in [6.07, 6.45) is 2.22. The number of hydrogen-bond acceptors (Lipinski definition) is 3. The van der Waals surface area contributed by atoms with Crippen LogP contribution in [0.1, 0.15) is 38.2 Å². The van der Waals surface area contributed by atoms with Gasteiger partial charge >= 0.3 is 0 Å². The Morgan fingerprint density at radius 2 is 1.95 bits per heavy atom. The van der Waals surface area contributed by atoms with Gasteiger partial charge in [-0.15, -0.1) is 0 Å². The van der Waals surface area contributed by atoms with Crippen molar-refractivity contribution in [2.45, 2.75) is 38.6 Å². The molecule has 1 aromatic rings. The van der Waals surface area contributed by atoms with E-state index in [0.717, 1.165) is 18.6 Å². The predicted octanol–water partition coefficient (Wildman–Crippen LogP) is 2.94. The fourth-order valence-corrected chi connectivity index (χ4v) is 2.95. The van der Waals surface area contributed by atoms with Gasteiger partial charge in [0, 0.05) is 13.2 Å². The first-order chi connectivity index (χ1) is 9.11. The van der Waals surface area contributed by atoms with Gasteiger partial charge in [-0.25, -0.2) is 0 Å². The summed E-state index contributed by atoms with van der Waals surface area (Å²) >= 11 is 0. The van der Waals surface area contributed by atoms with Gasteiger partial charge in [0.05, 0.1) is 6.61 Å². The molecule has 0 aliphatic heterocycles. The number of nitrogens with two attached hydrogens (primary N) is 1. The fraction of sp³-hybridized carbons (Fsp3) is 0.625. The zero-order chi connectivity index (χ0) is 13.9. The van der Waals surface area contributed by atoms with E-state index < -0.39 is 0 Å². The van der Waals surface area contributed by atoms with E-state index in [1.165, 1.54) is 5.56 Å². The summed E-state index contributed by atoms with van der Waals surface area (Å²) in [5.74, 6) is 1.49. The van der Waals surface area contributed by atoms with Crippen molar-refractivity contribution < 1.29 is 9.47 Å². The average molecular weight is 263 g/mol. The third-order valence-electron chi connectivity index (χ3n) is 4.73. The largest absolute Gasteiger partial charge is 0.491 e. The van der Waals surface area contributed by atoms with E-state index in [4.69, 9.17) is 15.2 Å². The van der Waals surface area contributed by atoms with Gasteiger partial charge in [0.1, 0.15) is 12.4 Å². The lowest BCUT2D eigenvalue weighted by molar-refractivity contribution is 0.0705. The van der Waals surface area contributed by atoms with Crippen LogP contribution in [0.5, 0.6) is 5.75 Å². The van der Waals surface area contributed by atoms with Crippen molar-refractivity contribution in [3.63, 3.8) is 0 Å². The average Bonchev–Trinajstić information content (AvgIpc) is 2.45. The Hall–Kier alpha value is -1.06. The zero-order valence-corrected chi connectivity index (χ0v) is 12.2. The Morgan fingerprint density at radius 1 is 1.26 bits per heavy atom. The molecule has 1 aliphatic carbocycles. The second kappa shape index (κ2) is 5.93. The molecule has 3 nitrogen and oxygen atoms in total. The summed E-state index contributed by atoms with van der Waals surface area (Å²) < 4.78 is 10.5. The van der Waals surface area contributed by atoms with Gasteiger partial charge in [0.15, 0.2) is 0 Å². The van der Waals surface area contributed by atoms with Gasteiger partial charge in [-0.3, -0.25) is 0 Å². The molecule has 1 saturated carbocycles. The second-order valence-corrected chi connectivity index (χ2v) is 5.66. The van der Waals surface area contributed by atoms with Gasteiger partial charge in [-0.05, 0) is 41.9 Å². The molecule has 0 radical (unpaired) electrons. The highest BCUT2D eigenvalue weighted by Gasteiger charge is 2.48. The van der Waals surface area contributed by atoms with Crippen molar-refractivity contribution in [1.29, 1.82) is 0 Å². The fourth-order valence-electron chi connectivity index (χ4n) is 2.95. The minimum atomic E-state index is 0.248. The van der Waals surface area contributed by atoms with Crippen LogP contribution in [0.15, 0.2) is 24.3 Å². The molecule has 3 heteroatoms. The SMILES string of the molecule is CCC1(C)C(N)CC1c1ccc(OCCOC)cc1. The van der Waals surface area contributed by atoms with E-state index in [-0.39, 0.29) is 5.41 Å². The van der Waals surface area contributed by atoms with Gasteiger partial charge in [0.2, 0.25) is 0 Å². The molecular formula is C16H25NO2. The van der Waals surface area contributed by atoms with Gasteiger partial charge in [0.25, 0.3) is 0 Å². The Labute approximate surface area is 116 Å². The highest BCUT2D eigenvalue weighted by molar-refractivity contribution is 5.33. The standard InChI is InChI=1S/C16H25NO2/c1-4-16(2)14(11-15(16)17)12-5-7-13(8-6-12)19-10-9-18-3/h5-8,14-15H,4,9-11,17H2,1-3H3. The molecule has 0 spiro atoms. The molecule has 2 rings (SSSR count). The molecule has 1 fully saturated rings. The first-order valence-electron chi connectivity index (χ1n) is 7.09. The van der Waals surface area contributed by atoms with Crippen LogP contribution in [0.25, 0.3) is 0 Å². The van der Waals surface area contributed by atoms with Crippen molar-refractivity contribution in [3.8, 4) is 5.75 Å². The number of ether oxygens (including phenoxy) is 2. The third-order valence-corrected chi connectivity index (χ3v) is 4.73. The van der Waals surface area contributed by atoms with Gasteiger partial charge < -0.3 is 15.2 Å². The van der Waals surface area contributed by atoms with Crippen LogP contribution < -0.4 is 10.5 Å². The summed E-state index contributed by atoms with van der Waals surface area (Å²) in [5, 5.41) is 0. The molecule has 3 atom stereocenters. The van der Waals surface area contributed by atoms with Crippen molar-refractivity contribution in [2.75, 3.05) is 20.3 Å². The molecule has 106 valence electrons. The number of benzene rings is 1. The summed E-state index contributed by atoms with van der Waals surface area (Å²) in [5.41, 5.74) is 7.80. The monoisotopic (exact) mass is 263 g/mol. The van der Waals surface area contributed by atoms with E-state index in [2.05, 4.69) is 26.0 Å². The molecule has 0 aromatic heterocycles. The highest BCUT2D eigenvalue weighted by Crippen LogP contribution is 2.53. The molecule has 19 heavy (non-hydrogen) atoms. The topological polar surface area (TPSA) is 44.5 Å². The lowest BCUT2D eigenvalue weighted by Crippen LogP contribution is -2.54. The Balaban J connectivity index is 1.99. The maximum Gasteiger partial charge on any atom is 0.119 e. The predicted molar refractivity (Wildman–Crippen MR) is 77.5 cm³/mol. The van der Waals surface area contributed by atoms with Crippen molar-refractivity contribution in [2.24, 2.45) is 11.1 Å². The van der Waals surface area contributed by atoms with Gasteiger partial charge in [-0.2, -0.15) is 0 Å². The first-order valence-corrected chi connectivity index (χ1v) is 7.09. The molecule has 0 amide bonds. The highest BCUT2D eigenvalue weighted by atomic mass is 16.5. The third kappa shape index (κ3) is 2.77. The summed E-state index contributed by atoms with van der Waals surface area (Å²) in [6.45, 7) is 5.74. The first kappa shape index (κ1) is 14.4. The van der Waals surface area contributed by atoms with E-state index in [0.29, 0.717) is 25.2 Å². The molecule has 1 aromatic carbocycles. The van der Waals surface area contributed by atoms with Crippen molar-refractivity contribution >= 4 is 0 Å². The van der Waals surface area contributed by atoms with Crippen LogP contribution in [0.2, 0.25) is 0 Å². The van der Waals surface area contributed by atoms with Crippen LogP contribution in [0.3, 0.4) is 0 Å². The summed E-state index contributed by atoms with van der Waals surface area (Å²) in [6, 6.07) is 8.77. The number of rotatable bonds is 6. The van der Waals surface area contributed by atoms with Crippen LogP contribution in [0.4, 0.5) is 0 Å². The molecule has 0 bridgehead atoms. The minimum Gasteiger partial charge on any atom is -0.491 e. The van der Waals surface area contributed by atoms with Crippen LogP contribution in [-0.2, 0) is 4.74 Å². The second-order valence-electron chi connectivity index (χ2n) is 5.66. The quantitative estimate of drug-likeness (QED) is 0.803. The van der Waals surface area contributed by atoms with Crippen molar-refractivity contribution in [3.05, 3.63) is 29.8 Å². The van der Waals surface area contributed by atoms with Crippen LogP contribution >= 0.6 is 0 Å². The number of hydrogen-bond donors (Lipinski definition) is 1. The summed E-state index contributed by atoms with van der Waals surface area (Å²) in [4.78, 5) is 0. The van der Waals surface area contributed by atoms with Crippen molar-refractivity contribution in [1.82, 2.24) is 0 Å². The Kier molecular flexibility index (Phi) is 4.48. The maximum absolute atomic E-state index is 6.17. The summed E-state index contributed by atoms with van der Waals surface area (Å²) in [7, 11) is 1.68. The molecule has 3 unspecified atom stereocenters. The molecule has 0 saturated heterocycles. The molecule has 0 heterocycles. The minimum absolute atomic E-state index is 0.248. The number of methoxy groups -OCH3 is 1. The normalized spacial score (nSPS) is 29.9. The van der Waals surface area contributed by atoms with Gasteiger partial charge in [-0.1, -0.05) is 26.0 Å². The molecule has 1 aliphatic rings. The maximum atomic E-state index is 6.17.